The first-order valence-electron chi connectivity index (χ1n) is 39.8. The molecule has 5 amide bonds. The normalized spacial score (nSPS) is 12.0. The Kier molecular flexibility index (Phi) is 49.3. The summed E-state index contributed by atoms with van der Waals surface area (Å²) in [5.41, 5.74) is 11.7. The average molecular weight is 2170 g/mol. The van der Waals surface area contributed by atoms with Gasteiger partial charge in [0.15, 0.2) is 11.5 Å². The number of esters is 2. The number of methoxy groups -OCH3 is 4. The van der Waals surface area contributed by atoms with E-state index < -0.39 is 118 Å². The predicted molar refractivity (Wildman–Crippen MR) is 508 cm³/mol. The van der Waals surface area contributed by atoms with Crippen molar-refractivity contribution < 1.29 is 147 Å². The molecule has 42 nitrogen and oxygen atoms in total. The van der Waals surface area contributed by atoms with Crippen molar-refractivity contribution >= 4 is 108 Å². The summed E-state index contributed by atoms with van der Waals surface area (Å²) in [5.74, 6) is -4.23. The number of fused-ring (bicyclic) bond motifs is 5. The van der Waals surface area contributed by atoms with Crippen molar-refractivity contribution in [2.75, 3.05) is 50.1 Å². The summed E-state index contributed by atoms with van der Waals surface area (Å²) in [5, 5.41) is 63.9. The number of nitriles is 1. The number of halogens is 8. The molecule has 0 aliphatic carbocycles. The summed E-state index contributed by atoms with van der Waals surface area (Å²) < 4.78 is 148. The number of carbonyl (C=O) groups excluding carboxylic acids is 7. The minimum Gasteiger partial charge on any atom is -0.512 e. The van der Waals surface area contributed by atoms with E-state index in [2.05, 4.69) is 86.3 Å². The van der Waals surface area contributed by atoms with Gasteiger partial charge in [-0.25, -0.2) is 41.2 Å². The van der Waals surface area contributed by atoms with Crippen LogP contribution in [-0.4, -0.2) is 93.7 Å². The van der Waals surface area contributed by atoms with Gasteiger partial charge in [0.1, 0.15) is 86.6 Å². The molecule has 778 valence electrons. The van der Waals surface area contributed by atoms with Crippen LogP contribution in [0.25, 0.3) is 0 Å². The number of aryl methyl sites for hydroxylation is 2. The Morgan fingerprint density at radius 3 is 1.39 bits per heavy atom. The summed E-state index contributed by atoms with van der Waals surface area (Å²) in [4.78, 5) is 156. The molecule has 5 aliphatic rings. The van der Waals surface area contributed by atoms with Crippen LogP contribution in [0.5, 0.6) is 11.5 Å². The van der Waals surface area contributed by atoms with Gasteiger partial charge in [0, 0.05) is 48.3 Å². The van der Waals surface area contributed by atoms with Gasteiger partial charge in [0.05, 0.1) is 95.9 Å². The Morgan fingerprint density at radius 1 is 0.531 bits per heavy atom. The van der Waals surface area contributed by atoms with Crippen molar-refractivity contribution in [2.45, 2.75) is 122 Å². The van der Waals surface area contributed by atoms with E-state index >= 15 is 0 Å². The van der Waals surface area contributed by atoms with Crippen LogP contribution < -0.4 is 102 Å². The molecule has 2 atom stereocenters. The van der Waals surface area contributed by atoms with Crippen molar-refractivity contribution in [1.29, 1.82) is 10.5 Å². The number of amides is 5. The third kappa shape index (κ3) is 31.0. The molecule has 10 aromatic carbocycles. The zero-order chi connectivity index (χ0) is 104. The molecule has 0 unspecified atom stereocenters. The standard InChI is InChI=1S/C20H18FN3O4.C13H9FN2O4.C9H6FNO2.C8H6BrFO2.C8H5FN2O3.C8H7FN2O.C8H6FNO.C8H13NO.C6H6O3.CN.4CH4.Cu.H3NO7S/c1-3-12(13-7-4-9(2)28-13)23-16-17(19(26)18(16)25)24-15-11(21)6-5-10-8-22-20(27)14(10)15;1-20-12-9(10(17)11(12)18)16-8-6(14)3-2-5-4-15-13(19)7(5)8;1-13-9(12)8-4-7(10)3-2-6(8)5-11;1-12-8(11)6-4-5(10)2-3-7(6)9;9-5-2-1-4-3-10-8(12)6(4)7(5)11(13)14;9-5-2-1-4-3-11-8(12)6(4)7(5)10;9-6-2-1-5-4-10-8(11)7(5)3-6;1-3-7(9)8-5-4-6(2)10-8;1-3-4(7)5(8)6(3)9-2;1-2;;;;;;2-1-6-9(4,5)8-7-3/h4-7,12,23-24H,3,8H2,1-2H3,(H,22,27);2-3,16H,4H2,1H3,(H,15,19);2-4H,1H3;2-4H,1H3;1-2H,3H2,(H,10,12);1-2H,3,10H2,(H,11,12);1-3H,4H2,(H,10,11);4-5,7H,3,9H2,1-2H3;1-2H3;;4*1H4;;1-3H/q;;;;;;;;;-1;;;;;+1;/t12-;;;;;;;7-;;;;;;;;/m1......1......../s1. The van der Waals surface area contributed by atoms with Crippen LogP contribution in [0, 0.1) is 94.8 Å². The average Bonchev–Trinajstić information content (AvgIpc) is 1.75. The largest absolute Gasteiger partial charge is 1.00 e. The number of ether oxygens (including phenoxy) is 4. The van der Waals surface area contributed by atoms with Crippen molar-refractivity contribution in [3.63, 3.8) is 0 Å². The van der Waals surface area contributed by atoms with Crippen molar-refractivity contribution in [1.82, 2.24) is 32.2 Å². The maximum atomic E-state index is 14.4. The Morgan fingerprint density at radius 2 is 0.938 bits per heavy atom. The van der Waals surface area contributed by atoms with E-state index in [9.17, 15) is 112 Å². The molecule has 145 heavy (non-hydrogen) atoms. The van der Waals surface area contributed by atoms with Crippen LogP contribution in [0.3, 0.4) is 0 Å². The Balaban J connectivity index is 0.000000554. The molecule has 12 aromatic rings. The second-order valence-corrected chi connectivity index (χ2v) is 30.5. The molecule has 0 radical (unpaired) electrons. The van der Waals surface area contributed by atoms with E-state index in [-0.39, 0.29) is 174 Å². The maximum absolute atomic E-state index is 14.4. The number of hydrogen-bond acceptors (Lipinski definition) is 36. The monoisotopic (exact) mass is 2160 g/mol. The number of anilines is 6. The number of rotatable bonds is 19. The van der Waals surface area contributed by atoms with E-state index in [0.29, 0.717) is 64.1 Å². The van der Waals surface area contributed by atoms with Gasteiger partial charge in [-0.1, -0.05) is 88.9 Å². The summed E-state index contributed by atoms with van der Waals surface area (Å²) in [7, 11) is 0.524. The van der Waals surface area contributed by atoms with Crippen LogP contribution >= 0.6 is 15.9 Å². The molecular weight excluding hydrogens is 2070 g/mol. The fourth-order valence-electron chi connectivity index (χ4n) is 12.9. The van der Waals surface area contributed by atoms with Gasteiger partial charge < -0.3 is 93.6 Å². The number of nitrogens with zero attached hydrogens (tertiary/aromatic N) is 3. The number of nitrogens with two attached hydrogens (primary N) is 2. The van der Waals surface area contributed by atoms with Gasteiger partial charge in [-0.05, 0) is 174 Å². The number of carbonyl (C=O) groups is 7. The number of hydrogen-bond donors (Lipinski definition) is 13. The Hall–Kier alpha value is -16.0. The third-order valence-electron chi connectivity index (χ3n) is 19.9. The van der Waals surface area contributed by atoms with Gasteiger partial charge in [-0.15, -0.1) is 4.28 Å². The molecule has 0 bridgehead atoms. The Labute approximate surface area is 839 Å². The topological polar surface area (TPSA) is 638 Å². The van der Waals surface area contributed by atoms with E-state index in [4.69, 9.17) is 52.6 Å². The maximum Gasteiger partial charge on any atom is 1.00 e. The molecule has 7 heterocycles. The van der Waals surface area contributed by atoms with Crippen molar-refractivity contribution in [3.8, 4) is 17.6 Å². The van der Waals surface area contributed by atoms with E-state index in [1.165, 1.54) is 95.2 Å². The summed E-state index contributed by atoms with van der Waals surface area (Å²) in [6.07, 6.45) is 1.52. The first kappa shape index (κ1) is 125. The number of nitrogen functional groups attached to an aromatic ring is 1. The molecular formula is C93H95BrCuF7N14O28S. The van der Waals surface area contributed by atoms with Crippen LogP contribution in [0.1, 0.15) is 203 Å². The minimum absolute atomic E-state index is 0. The minimum atomic E-state index is -4.52. The van der Waals surface area contributed by atoms with Gasteiger partial charge >= 0.3 is 45.1 Å². The Bertz CT molecular complexity index is 7120. The first-order chi connectivity index (χ1) is 66.4. The number of nitro groups is 1. The molecule has 2 aromatic heterocycles. The zero-order valence-electron chi connectivity index (χ0n) is 74.5. The van der Waals surface area contributed by atoms with Crippen LogP contribution in [0.4, 0.5) is 70.5 Å². The fourth-order valence-corrected chi connectivity index (χ4v) is 13.5. The molecule has 52 heteroatoms. The van der Waals surface area contributed by atoms with Gasteiger partial charge in [-0.2, -0.15) is 18.1 Å². The van der Waals surface area contributed by atoms with Crippen LogP contribution in [0.2, 0.25) is 0 Å². The van der Waals surface area contributed by atoms with Crippen molar-refractivity contribution in [2.24, 2.45) is 5.73 Å². The second-order valence-electron chi connectivity index (χ2n) is 28.5. The SMILES string of the molecule is C.C.C.C.CC[C@@H](N)c1ccc(C)o1.CC[C@@H](Nc1c(Nc2c(F)ccc3c2C(=O)NC3)c(=O)c1=O)c1ccc(C)o1.COC(=O)c1cc(F)ccc1Br.COC(=O)c1cc(F)ccc1C#N.COc1c(C)c(=O)c1=O.COc1c(Nc2c(F)ccc3c2C(=O)NC3)c(=O)c1=O.Nc1c(F)ccc2c1C(=O)NC2.O=C1NCc2ccc(F)c([N+](=O)[O-])c21.O=C1NCc2ccc(F)cc21.O=S(=O)(ONO)OOO.[C-]#N.[Cu+]. The summed E-state index contributed by atoms with van der Waals surface area (Å²) >= 11 is 3.10. The first-order valence-corrected chi connectivity index (χ1v) is 42.0. The summed E-state index contributed by atoms with van der Waals surface area (Å²) in [6, 6.07) is 31.0. The molecule has 17 rings (SSSR count). The summed E-state index contributed by atoms with van der Waals surface area (Å²) in [6.45, 7) is 15.8. The van der Waals surface area contributed by atoms with E-state index in [0.717, 1.165) is 64.7 Å². The quantitative estimate of drug-likeness (QED) is 0.00411. The molecule has 0 saturated carbocycles. The number of nitro benzene ring substituents is 1. The van der Waals surface area contributed by atoms with E-state index in [1.807, 2.05) is 45.9 Å². The van der Waals surface area contributed by atoms with Crippen LogP contribution in [-0.2, 0) is 83.3 Å². The van der Waals surface area contributed by atoms with Gasteiger partial charge in [0.25, 0.3) is 56.7 Å². The number of benzene rings is 7. The number of nitrogens with one attached hydrogen (secondary N) is 9. The molecule has 0 saturated heterocycles. The van der Waals surface area contributed by atoms with Crippen LogP contribution in [0.15, 0.2) is 169 Å². The van der Waals surface area contributed by atoms with Gasteiger partial charge in [0.2, 0.25) is 11.2 Å². The smallest absolute Gasteiger partial charge is 0.512 e. The van der Waals surface area contributed by atoms with Gasteiger partial charge in [-0.3, -0.25) is 68.1 Å². The molecule has 15 N–H and O–H groups in total. The fraction of sp³-hybridized carbons (Fsp3) is 0.237. The van der Waals surface area contributed by atoms with Crippen molar-refractivity contribution in [3.05, 3.63) is 352 Å². The predicted octanol–water partition coefficient (Wildman–Crippen LogP) is 12.6. The molecule has 5 aliphatic heterocycles. The third-order valence-corrected chi connectivity index (χ3v) is 21.0. The second kappa shape index (κ2) is 57.2. The number of furan rings is 2. The van der Waals surface area contributed by atoms with E-state index in [1.54, 1.807) is 31.2 Å². The zero-order valence-corrected chi connectivity index (χ0v) is 77.8. The molecule has 0 fully saturated rings. The molecule has 0 spiro atoms.